The van der Waals surface area contributed by atoms with Crippen LogP contribution < -0.4 is 11.1 Å². The van der Waals surface area contributed by atoms with Crippen molar-refractivity contribution in [3.63, 3.8) is 0 Å². The second-order valence-electron chi connectivity index (χ2n) is 5.68. The summed E-state index contributed by atoms with van der Waals surface area (Å²) in [6.07, 6.45) is 4.84. The summed E-state index contributed by atoms with van der Waals surface area (Å²) >= 11 is 6.03. The van der Waals surface area contributed by atoms with Crippen molar-refractivity contribution in [3.8, 4) is 0 Å². The topological polar surface area (TPSA) is 55.1 Å². The molecule has 0 saturated heterocycles. The summed E-state index contributed by atoms with van der Waals surface area (Å²) in [6.45, 7) is 2.50. The number of nitrogens with one attached hydrogen (secondary N) is 1. The molecule has 1 aromatic rings. The molecule has 1 atom stereocenters. The van der Waals surface area contributed by atoms with Crippen molar-refractivity contribution < 1.29 is 4.79 Å². The van der Waals surface area contributed by atoms with Gasteiger partial charge in [-0.15, -0.1) is 0 Å². The minimum Gasteiger partial charge on any atom is -0.349 e. The summed E-state index contributed by atoms with van der Waals surface area (Å²) in [4.78, 5) is 12.6. The second-order valence-corrected chi connectivity index (χ2v) is 6.12. The van der Waals surface area contributed by atoms with Crippen LogP contribution in [0.5, 0.6) is 0 Å². The predicted molar refractivity (Wildman–Crippen MR) is 82.6 cm³/mol. The average molecular weight is 295 g/mol. The number of carbonyl (C=O) groups excluding carboxylic acids is 1. The quantitative estimate of drug-likeness (QED) is 0.874. The summed E-state index contributed by atoms with van der Waals surface area (Å²) in [5.41, 5.74) is 6.57. The minimum absolute atomic E-state index is 0.00484. The zero-order chi connectivity index (χ0) is 14.6. The molecule has 0 bridgehead atoms. The molecule has 110 valence electrons. The van der Waals surface area contributed by atoms with Gasteiger partial charge in [-0.2, -0.15) is 0 Å². The highest BCUT2D eigenvalue weighted by molar-refractivity contribution is 6.30. The molecule has 3 N–H and O–H groups in total. The van der Waals surface area contributed by atoms with Crippen molar-refractivity contribution in [1.82, 2.24) is 5.32 Å². The van der Waals surface area contributed by atoms with Gasteiger partial charge in [0.05, 0.1) is 11.5 Å². The van der Waals surface area contributed by atoms with Gasteiger partial charge in [0, 0.05) is 11.6 Å². The molecule has 0 radical (unpaired) electrons. The number of nitrogens with two attached hydrogens (primary N) is 1. The van der Waals surface area contributed by atoms with Crippen LogP contribution in [-0.2, 0) is 4.79 Å². The molecule has 1 aromatic carbocycles. The maximum atomic E-state index is 12.6. The van der Waals surface area contributed by atoms with E-state index in [1.165, 1.54) is 0 Å². The Hall–Kier alpha value is -1.06. The standard InChI is InChI=1S/C16H23ClN2O/c1-2-14(12-6-5-7-13(17)10-12)19-15(20)16(11-18)8-3-4-9-16/h5-7,10,14H,2-4,8-9,11,18H2,1H3,(H,19,20). The van der Waals surface area contributed by atoms with Crippen LogP contribution in [0.25, 0.3) is 0 Å². The molecule has 2 rings (SSSR count). The Morgan fingerprint density at radius 1 is 1.45 bits per heavy atom. The van der Waals surface area contributed by atoms with Gasteiger partial charge in [-0.1, -0.05) is 43.5 Å². The fourth-order valence-electron chi connectivity index (χ4n) is 3.03. The van der Waals surface area contributed by atoms with Gasteiger partial charge in [-0.25, -0.2) is 0 Å². The average Bonchev–Trinajstić information content (AvgIpc) is 2.94. The van der Waals surface area contributed by atoms with Crippen molar-refractivity contribution in [1.29, 1.82) is 0 Å². The first kappa shape index (κ1) is 15.3. The van der Waals surface area contributed by atoms with Crippen LogP contribution in [0, 0.1) is 5.41 Å². The van der Waals surface area contributed by atoms with E-state index in [-0.39, 0.29) is 17.4 Å². The van der Waals surface area contributed by atoms with Gasteiger partial charge in [0.15, 0.2) is 0 Å². The number of amides is 1. The lowest BCUT2D eigenvalue weighted by molar-refractivity contribution is -0.131. The van der Waals surface area contributed by atoms with E-state index in [1.54, 1.807) is 0 Å². The third-order valence-electron chi connectivity index (χ3n) is 4.40. The van der Waals surface area contributed by atoms with Crippen LogP contribution >= 0.6 is 11.6 Å². The molecule has 0 spiro atoms. The highest BCUT2D eigenvalue weighted by Crippen LogP contribution is 2.38. The van der Waals surface area contributed by atoms with Gasteiger partial charge in [-0.05, 0) is 37.0 Å². The van der Waals surface area contributed by atoms with Crippen LogP contribution in [0.15, 0.2) is 24.3 Å². The van der Waals surface area contributed by atoms with Crippen LogP contribution in [-0.4, -0.2) is 12.5 Å². The van der Waals surface area contributed by atoms with Gasteiger partial charge in [0.1, 0.15) is 0 Å². The first-order chi connectivity index (χ1) is 9.61. The van der Waals surface area contributed by atoms with Crippen LogP contribution in [0.3, 0.4) is 0 Å². The van der Waals surface area contributed by atoms with E-state index >= 15 is 0 Å². The van der Waals surface area contributed by atoms with Crippen molar-refractivity contribution in [3.05, 3.63) is 34.9 Å². The molecular formula is C16H23ClN2O. The fraction of sp³-hybridized carbons (Fsp3) is 0.562. The van der Waals surface area contributed by atoms with Crippen molar-refractivity contribution >= 4 is 17.5 Å². The number of halogens is 1. The molecule has 1 unspecified atom stereocenters. The Morgan fingerprint density at radius 2 is 2.15 bits per heavy atom. The maximum Gasteiger partial charge on any atom is 0.227 e. The van der Waals surface area contributed by atoms with E-state index in [0.717, 1.165) is 37.7 Å². The Labute approximate surface area is 125 Å². The van der Waals surface area contributed by atoms with Gasteiger partial charge >= 0.3 is 0 Å². The molecular weight excluding hydrogens is 272 g/mol. The first-order valence-electron chi connectivity index (χ1n) is 7.38. The number of hydrogen-bond acceptors (Lipinski definition) is 2. The minimum atomic E-state index is -0.355. The van der Waals surface area contributed by atoms with Crippen LogP contribution in [0.2, 0.25) is 5.02 Å². The van der Waals surface area contributed by atoms with Crippen LogP contribution in [0.1, 0.15) is 50.6 Å². The normalized spacial score (nSPS) is 18.8. The Bertz CT molecular complexity index is 469. The van der Waals surface area contributed by atoms with E-state index in [0.29, 0.717) is 11.6 Å². The largest absolute Gasteiger partial charge is 0.349 e. The van der Waals surface area contributed by atoms with Gasteiger partial charge in [0.2, 0.25) is 5.91 Å². The number of hydrogen-bond donors (Lipinski definition) is 2. The maximum absolute atomic E-state index is 12.6. The van der Waals surface area contributed by atoms with Crippen molar-refractivity contribution in [2.24, 2.45) is 11.1 Å². The highest BCUT2D eigenvalue weighted by Gasteiger charge is 2.40. The number of carbonyl (C=O) groups is 1. The van der Waals surface area contributed by atoms with E-state index in [1.807, 2.05) is 24.3 Å². The van der Waals surface area contributed by atoms with Crippen LogP contribution in [0.4, 0.5) is 0 Å². The van der Waals surface area contributed by atoms with E-state index < -0.39 is 0 Å². The van der Waals surface area contributed by atoms with E-state index in [9.17, 15) is 4.79 Å². The van der Waals surface area contributed by atoms with E-state index in [2.05, 4.69) is 12.2 Å². The zero-order valence-corrected chi connectivity index (χ0v) is 12.7. The summed E-state index contributed by atoms with van der Waals surface area (Å²) in [5, 5.41) is 3.87. The third-order valence-corrected chi connectivity index (χ3v) is 4.63. The van der Waals surface area contributed by atoms with Gasteiger partial charge < -0.3 is 11.1 Å². The Morgan fingerprint density at radius 3 is 2.70 bits per heavy atom. The van der Waals surface area contributed by atoms with Crippen molar-refractivity contribution in [2.75, 3.05) is 6.54 Å². The zero-order valence-electron chi connectivity index (χ0n) is 12.0. The summed E-state index contributed by atoms with van der Waals surface area (Å²) in [7, 11) is 0. The Balaban J connectivity index is 2.12. The van der Waals surface area contributed by atoms with E-state index in [4.69, 9.17) is 17.3 Å². The molecule has 1 amide bonds. The molecule has 1 fully saturated rings. The predicted octanol–water partition coefficient (Wildman–Crippen LogP) is 3.43. The van der Waals surface area contributed by atoms with Crippen molar-refractivity contribution in [2.45, 2.75) is 45.1 Å². The lowest BCUT2D eigenvalue weighted by atomic mass is 9.84. The lowest BCUT2D eigenvalue weighted by Crippen LogP contribution is -2.45. The molecule has 1 aliphatic carbocycles. The fourth-order valence-corrected chi connectivity index (χ4v) is 3.23. The summed E-state index contributed by atoms with van der Waals surface area (Å²) in [5.74, 6) is 0.101. The molecule has 0 heterocycles. The van der Waals surface area contributed by atoms with Gasteiger partial charge in [0.25, 0.3) is 0 Å². The monoisotopic (exact) mass is 294 g/mol. The third kappa shape index (κ3) is 3.15. The molecule has 4 heteroatoms. The SMILES string of the molecule is CCC(NC(=O)C1(CN)CCCC1)c1cccc(Cl)c1. The molecule has 3 nitrogen and oxygen atoms in total. The molecule has 1 aliphatic rings. The molecule has 0 aromatic heterocycles. The summed E-state index contributed by atoms with van der Waals surface area (Å²) < 4.78 is 0. The Kier molecular flexibility index (Phi) is 5.06. The summed E-state index contributed by atoms with van der Waals surface area (Å²) in [6, 6.07) is 7.69. The second kappa shape index (κ2) is 6.59. The smallest absolute Gasteiger partial charge is 0.227 e. The molecule has 0 aliphatic heterocycles. The molecule has 20 heavy (non-hydrogen) atoms. The van der Waals surface area contributed by atoms with Gasteiger partial charge in [-0.3, -0.25) is 4.79 Å². The number of rotatable bonds is 5. The molecule has 1 saturated carbocycles. The lowest BCUT2D eigenvalue weighted by Gasteiger charge is -2.29. The first-order valence-corrected chi connectivity index (χ1v) is 7.75. The highest BCUT2D eigenvalue weighted by atomic mass is 35.5. The number of benzene rings is 1.